The Labute approximate surface area is 160 Å². The van der Waals surface area contributed by atoms with Crippen LogP contribution in [0.5, 0.6) is 0 Å². The molecule has 0 spiro atoms. The van der Waals surface area contributed by atoms with Crippen molar-refractivity contribution in [2.75, 3.05) is 25.0 Å². The van der Waals surface area contributed by atoms with E-state index in [4.69, 9.17) is 9.15 Å². The van der Waals surface area contributed by atoms with E-state index in [0.717, 1.165) is 42.1 Å². The minimum absolute atomic E-state index is 0.0359. The first-order valence-electron chi connectivity index (χ1n) is 9.10. The van der Waals surface area contributed by atoms with Crippen LogP contribution in [0.1, 0.15) is 29.2 Å². The summed E-state index contributed by atoms with van der Waals surface area (Å²) in [5.74, 6) is 0.581. The zero-order valence-electron chi connectivity index (χ0n) is 14.9. The summed E-state index contributed by atoms with van der Waals surface area (Å²) in [6.45, 7) is 2.80. The second-order valence-electron chi connectivity index (χ2n) is 6.70. The summed E-state index contributed by atoms with van der Waals surface area (Å²) >= 11 is 1.48. The summed E-state index contributed by atoms with van der Waals surface area (Å²) in [6.07, 6.45) is 3.68. The van der Waals surface area contributed by atoms with E-state index in [1.165, 1.54) is 11.3 Å². The fourth-order valence-corrected chi connectivity index (χ4v) is 4.32. The fraction of sp³-hybridized carbons (Fsp3) is 0.500. The minimum Gasteiger partial charge on any atom is -0.467 e. The molecule has 1 fully saturated rings. The van der Waals surface area contributed by atoms with Crippen molar-refractivity contribution in [2.24, 2.45) is 0 Å². The lowest BCUT2D eigenvalue weighted by atomic mass is 10.2. The van der Waals surface area contributed by atoms with Gasteiger partial charge in [0.2, 0.25) is 5.91 Å². The molecule has 2 amide bonds. The van der Waals surface area contributed by atoms with E-state index in [1.54, 1.807) is 12.3 Å². The van der Waals surface area contributed by atoms with Gasteiger partial charge in [-0.2, -0.15) is 0 Å². The predicted molar refractivity (Wildman–Crippen MR) is 99.3 cm³/mol. The van der Waals surface area contributed by atoms with E-state index in [2.05, 4.69) is 20.5 Å². The number of rotatable bonds is 6. The molecule has 0 radical (unpaired) electrons. The second kappa shape index (κ2) is 8.20. The van der Waals surface area contributed by atoms with Crippen LogP contribution in [0, 0.1) is 0 Å². The summed E-state index contributed by atoms with van der Waals surface area (Å²) in [5.41, 5.74) is 1.01. The smallest absolute Gasteiger partial charge is 0.255 e. The predicted octanol–water partition coefficient (Wildman–Crippen LogP) is 1.53. The largest absolute Gasteiger partial charge is 0.467 e. The Bertz CT molecular complexity index is 798. The zero-order chi connectivity index (χ0) is 18.6. The van der Waals surface area contributed by atoms with Crippen LogP contribution in [-0.4, -0.2) is 47.5 Å². The number of furan rings is 1. The molecule has 9 heteroatoms. The highest BCUT2D eigenvalue weighted by atomic mass is 32.1. The minimum atomic E-state index is -0.361. The van der Waals surface area contributed by atoms with Gasteiger partial charge in [0.1, 0.15) is 11.9 Å². The number of fused-ring (bicyclic) bond motifs is 1. The number of aromatic nitrogens is 1. The van der Waals surface area contributed by atoms with Crippen molar-refractivity contribution in [3.63, 3.8) is 0 Å². The molecule has 0 bridgehead atoms. The van der Waals surface area contributed by atoms with E-state index in [9.17, 15) is 9.59 Å². The average Bonchev–Trinajstić information content (AvgIpc) is 3.40. The zero-order valence-corrected chi connectivity index (χ0v) is 15.7. The van der Waals surface area contributed by atoms with Crippen LogP contribution in [0.15, 0.2) is 22.8 Å². The highest BCUT2D eigenvalue weighted by molar-refractivity contribution is 7.15. The number of ether oxygens (including phenoxy) is 1. The second-order valence-corrected chi connectivity index (χ2v) is 7.78. The third-order valence-electron chi connectivity index (χ3n) is 4.67. The average molecular weight is 390 g/mol. The van der Waals surface area contributed by atoms with E-state index in [1.807, 2.05) is 6.07 Å². The molecule has 0 aromatic carbocycles. The standard InChI is InChI=1S/C18H22N4O4S/c23-16(19-9-12-3-1-7-25-12)11-22-6-5-13-15(10-22)27-18(20-13)21-17(24)14-4-2-8-26-14/h1,3,7,14H,2,4-6,8-11H2,(H,19,23)(H,20,21,24). The van der Waals surface area contributed by atoms with Crippen molar-refractivity contribution < 1.29 is 18.7 Å². The van der Waals surface area contributed by atoms with Crippen LogP contribution < -0.4 is 10.6 Å². The first kappa shape index (κ1) is 18.1. The quantitative estimate of drug-likeness (QED) is 0.776. The van der Waals surface area contributed by atoms with Crippen molar-refractivity contribution in [1.29, 1.82) is 0 Å². The monoisotopic (exact) mass is 390 g/mol. The molecule has 144 valence electrons. The molecule has 8 nitrogen and oxygen atoms in total. The Morgan fingerprint density at radius 2 is 2.33 bits per heavy atom. The molecule has 27 heavy (non-hydrogen) atoms. The van der Waals surface area contributed by atoms with Crippen molar-refractivity contribution in [3.05, 3.63) is 34.7 Å². The summed E-state index contributed by atoms with van der Waals surface area (Å²) in [4.78, 5) is 32.0. The normalized spacial score (nSPS) is 19.6. The first-order valence-corrected chi connectivity index (χ1v) is 9.91. The van der Waals surface area contributed by atoms with Gasteiger partial charge in [-0.15, -0.1) is 11.3 Å². The lowest BCUT2D eigenvalue weighted by Gasteiger charge is -2.24. The number of nitrogens with one attached hydrogen (secondary N) is 2. The van der Waals surface area contributed by atoms with Gasteiger partial charge in [-0.1, -0.05) is 0 Å². The molecular formula is C18H22N4O4S. The maximum atomic E-state index is 12.2. The van der Waals surface area contributed by atoms with Gasteiger partial charge in [0.15, 0.2) is 5.13 Å². The lowest BCUT2D eigenvalue weighted by Crippen LogP contribution is -2.39. The van der Waals surface area contributed by atoms with Crippen LogP contribution in [0.3, 0.4) is 0 Å². The molecule has 0 aliphatic carbocycles. The molecular weight excluding hydrogens is 368 g/mol. The number of nitrogens with zero attached hydrogens (tertiary/aromatic N) is 2. The number of amides is 2. The molecule has 0 saturated carbocycles. The highest BCUT2D eigenvalue weighted by Gasteiger charge is 2.26. The maximum Gasteiger partial charge on any atom is 0.255 e. The number of hydrogen-bond donors (Lipinski definition) is 2. The fourth-order valence-electron chi connectivity index (χ4n) is 3.26. The van der Waals surface area contributed by atoms with Crippen LogP contribution in [0.2, 0.25) is 0 Å². The number of hydrogen-bond acceptors (Lipinski definition) is 7. The molecule has 4 rings (SSSR count). The Hall–Kier alpha value is -2.23. The van der Waals surface area contributed by atoms with Crippen LogP contribution >= 0.6 is 11.3 Å². The number of carbonyl (C=O) groups is 2. The molecule has 1 atom stereocenters. The number of anilines is 1. The topological polar surface area (TPSA) is 96.7 Å². The molecule has 1 unspecified atom stereocenters. The SMILES string of the molecule is O=C(CN1CCc2nc(NC(=O)C3CCCO3)sc2C1)NCc1ccco1. The van der Waals surface area contributed by atoms with Gasteiger partial charge < -0.3 is 14.5 Å². The first-order chi connectivity index (χ1) is 13.2. The third-order valence-corrected chi connectivity index (χ3v) is 5.67. The van der Waals surface area contributed by atoms with E-state index >= 15 is 0 Å². The van der Waals surface area contributed by atoms with E-state index < -0.39 is 0 Å². The van der Waals surface area contributed by atoms with Gasteiger partial charge in [0.05, 0.1) is 25.0 Å². The Morgan fingerprint density at radius 1 is 1.41 bits per heavy atom. The van der Waals surface area contributed by atoms with Crippen LogP contribution in [-0.2, 0) is 33.8 Å². The van der Waals surface area contributed by atoms with E-state index in [-0.39, 0.29) is 17.9 Å². The highest BCUT2D eigenvalue weighted by Crippen LogP contribution is 2.28. The molecule has 2 aliphatic heterocycles. The summed E-state index contributed by atoms with van der Waals surface area (Å²) in [6, 6.07) is 3.63. The summed E-state index contributed by atoms with van der Waals surface area (Å²) < 4.78 is 10.6. The van der Waals surface area contributed by atoms with Crippen LogP contribution in [0.25, 0.3) is 0 Å². The van der Waals surface area contributed by atoms with Gasteiger partial charge in [-0.3, -0.25) is 19.8 Å². The molecule has 2 aromatic heterocycles. The third kappa shape index (κ3) is 4.55. The Balaban J connectivity index is 1.28. The Kier molecular flexibility index (Phi) is 5.51. The maximum absolute atomic E-state index is 12.2. The van der Waals surface area contributed by atoms with Crippen molar-refractivity contribution in [2.45, 2.75) is 38.5 Å². The molecule has 2 aliphatic rings. The Morgan fingerprint density at radius 3 is 3.11 bits per heavy atom. The number of carbonyl (C=O) groups excluding carboxylic acids is 2. The summed E-state index contributed by atoms with van der Waals surface area (Å²) in [5, 5.41) is 6.34. The number of thiazole rings is 1. The molecule has 2 N–H and O–H groups in total. The lowest BCUT2D eigenvalue weighted by molar-refractivity contribution is -0.124. The van der Waals surface area contributed by atoms with E-state index in [0.29, 0.717) is 31.4 Å². The van der Waals surface area contributed by atoms with Gasteiger partial charge in [0, 0.05) is 31.0 Å². The molecule has 1 saturated heterocycles. The van der Waals surface area contributed by atoms with Crippen molar-refractivity contribution in [1.82, 2.24) is 15.2 Å². The van der Waals surface area contributed by atoms with Gasteiger partial charge in [-0.25, -0.2) is 4.98 Å². The van der Waals surface area contributed by atoms with Crippen LogP contribution in [0.4, 0.5) is 5.13 Å². The van der Waals surface area contributed by atoms with Gasteiger partial charge in [-0.05, 0) is 25.0 Å². The van der Waals surface area contributed by atoms with Gasteiger partial charge >= 0.3 is 0 Å². The van der Waals surface area contributed by atoms with Crippen molar-refractivity contribution >= 4 is 28.3 Å². The summed E-state index contributed by atoms with van der Waals surface area (Å²) in [7, 11) is 0. The van der Waals surface area contributed by atoms with Gasteiger partial charge in [0.25, 0.3) is 5.91 Å². The van der Waals surface area contributed by atoms with Crippen molar-refractivity contribution in [3.8, 4) is 0 Å². The molecule has 2 aromatic rings. The molecule has 4 heterocycles.